The van der Waals surface area contributed by atoms with Crippen molar-refractivity contribution in [2.45, 2.75) is 60.0 Å². The molecule has 21 heavy (non-hydrogen) atoms. The molecule has 0 radical (unpaired) electrons. The largest absolute Gasteiger partial charge is 0.315 e. The molecule has 1 N–H and O–H groups in total. The van der Waals surface area contributed by atoms with Crippen LogP contribution in [0.3, 0.4) is 0 Å². The van der Waals surface area contributed by atoms with E-state index in [4.69, 9.17) is 5.10 Å². The lowest BCUT2D eigenvalue weighted by Gasteiger charge is -2.28. The van der Waals surface area contributed by atoms with E-state index < -0.39 is 0 Å². The summed E-state index contributed by atoms with van der Waals surface area (Å²) in [6.07, 6.45) is 2.18. The minimum atomic E-state index is 0.247. The molecule has 116 valence electrons. The lowest BCUT2D eigenvalue weighted by Crippen LogP contribution is -2.32. The van der Waals surface area contributed by atoms with E-state index in [0.717, 1.165) is 25.9 Å². The highest BCUT2D eigenvalue weighted by Gasteiger charge is 2.24. The quantitative estimate of drug-likeness (QED) is 0.833. The maximum Gasteiger partial charge on any atom is 0.0708 e. The predicted molar refractivity (Wildman–Crippen MR) is 90.6 cm³/mol. The first kappa shape index (κ1) is 16.0. The average Bonchev–Trinajstić information content (AvgIpc) is 2.76. The van der Waals surface area contributed by atoms with Crippen LogP contribution >= 0.6 is 0 Å². The van der Waals surface area contributed by atoms with Gasteiger partial charge in [0, 0.05) is 18.0 Å². The zero-order chi connectivity index (χ0) is 15.5. The van der Waals surface area contributed by atoms with Crippen LogP contribution < -0.4 is 5.32 Å². The van der Waals surface area contributed by atoms with E-state index in [0.29, 0.717) is 6.04 Å². The Balaban J connectivity index is 2.22. The Bertz CT molecular complexity index is 583. The molecule has 1 aromatic heterocycles. The Kier molecular flexibility index (Phi) is 5.04. The minimum Gasteiger partial charge on any atom is -0.315 e. The fraction of sp³-hybridized carbons (Fsp3) is 0.611. The third-order valence-corrected chi connectivity index (χ3v) is 4.09. The normalized spacial score (nSPS) is 13.8. The fourth-order valence-corrected chi connectivity index (χ4v) is 3.34. The molecule has 1 unspecified atom stereocenters. The highest BCUT2D eigenvalue weighted by atomic mass is 15.3. The van der Waals surface area contributed by atoms with Gasteiger partial charge in [-0.3, -0.25) is 4.68 Å². The molecule has 1 heterocycles. The zero-order valence-corrected chi connectivity index (χ0v) is 14.1. The van der Waals surface area contributed by atoms with Crippen molar-refractivity contribution in [3.05, 3.63) is 30.0 Å². The molecule has 1 aromatic carbocycles. The van der Waals surface area contributed by atoms with E-state index in [1.165, 1.54) is 16.6 Å². The summed E-state index contributed by atoms with van der Waals surface area (Å²) in [5, 5.41) is 9.67. The summed E-state index contributed by atoms with van der Waals surface area (Å²) in [7, 11) is 0. The van der Waals surface area contributed by atoms with Gasteiger partial charge in [-0.2, -0.15) is 5.10 Å². The van der Waals surface area contributed by atoms with Gasteiger partial charge in [-0.15, -0.1) is 0 Å². The molecule has 0 fully saturated rings. The number of nitrogens with one attached hydrogen (secondary N) is 1. The van der Waals surface area contributed by atoms with Gasteiger partial charge in [0.15, 0.2) is 0 Å². The summed E-state index contributed by atoms with van der Waals surface area (Å²) in [5.74, 6) is 0. The molecule has 3 heteroatoms. The van der Waals surface area contributed by atoms with Gasteiger partial charge in [0.25, 0.3) is 0 Å². The number of nitrogens with zero attached hydrogens (tertiary/aromatic N) is 2. The van der Waals surface area contributed by atoms with Crippen molar-refractivity contribution in [3.63, 3.8) is 0 Å². The number of para-hydroxylation sites is 1. The zero-order valence-electron chi connectivity index (χ0n) is 14.1. The van der Waals surface area contributed by atoms with Crippen LogP contribution in [0.15, 0.2) is 24.3 Å². The molecule has 0 amide bonds. The highest BCUT2D eigenvalue weighted by Crippen LogP contribution is 2.30. The van der Waals surface area contributed by atoms with Gasteiger partial charge in [-0.05, 0) is 44.7 Å². The second-order valence-electron chi connectivity index (χ2n) is 6.78. The molecule has 2 aromatic rings. The number of benzene rings is 1. The third kappa shape index (κ3) is 3.85. The molecule has 0 spiro atoms. The predicted octanol–water partition coefficient (Wildman–Crippen LogP) is 4.01. The Morgan fingerprint density at radius 3 is 2.62 bits per heavy atom. The van der Waals surface area contributed by atoms with Crippen LogP contribution in [0.1, 0.15) is 46.7 Å². The summed E-state index contributed by atoms with van der Waals surface area (Å²) in [4.78, 5) is 0. The Hall–Kier alpha value is -1.35. The first-order chi connectivity index (χ1) is 9.96. The SMILES string of the molecule is CCNC(C)CC(C)(C)Cc1nn(CC)c2ccccc12. The highest BCUT2D eigenvalue weighted by molar-refractivity contribution is 5.82. The smallest absolute Gasteiger partial charge is 0.0708 e. The number of rotatable bonds is 7. The molecule has 1 atom stereocenters. The van der Waals surface area contributed by atoms with Gasteiger partial charge in [0.05, 0.1) is 11.2 Å². The number of aromatic nitrogens is 2. The van der Waals surface area contributed by atoms with Crippen molar-refractivity contribution in [2.75, 3.05) is 6.54 Å². The topological polar surface area (TPSA) is 29.9 Å². The van der Waals surface area contributed by atoms with E-state index in [1.807, 2.05) is 0 Å². The number of aryl methyl sites for hydroxylation is 1. The van der Waals surface area contributed by atoms with Gasteiger partial charge in [0.1, 0.15) is 0 Å². The molecular formula is C18H29N3. The monoisotopic (exact) mass is 287 g/mol. The summed E-state index contributed by atoms with van der Waals surface area (Å²) < 4.78 is 2.12. The summed E-state index contributed by atoms with van der Waals surface area (Å²) in [5.41, 5.74) is 2.74. The molecule has 3 nitrogen and oxygen atoms in total. The Morgan fingerprint density at radius 1 is 1.24 bits per heavy atom. The van der Waals surface area contributed by atoms with Gasteiger partial charge < -0.3 is 5.32 Å². The maximum atomic E-state index is 4.84. The molecular weight excluding hydrogens is 258 g/mol. The lowest BCUT2D eigenvalue weighted by atomic mass is 9.81. The first-order valence-electron chi connectivity index (χ1n) is 8.14. The fourth-order valence-electron chi connectivity index (χ4n) is 3.34. The average molecular weight is 287 g/mol. The van der Waals surface area contributed by atoms with E-state index in [1.54, 1.807) is 0 Å². The standard InChI is InChI=1S/C18H29N3/c1-6-19-14(3)12-18(4,5)13-16-15-10-8-9-11-17(15)21(7-2)20-16/h8-11,14,19H,6-7,12-13H2,1-5H3. The van der Waals surface area contributed by atoms with Crippen LogP contribution in [0.2, 0.25) is 0 Å². The molecule has 0 bridgehead atoms. The molecule has 2 rings (SSSR count). The number of hydrogen-bond donors (Lipinski definition) is 1. The van der Waals surface area contributed by atoms with Crippen molar-refractivity contribution in [3.8, 4) is 0 Å². The summed E-state index contributed by atoms with van der Waals surface area (Å²) in [6.45, 7) is 13.2. The minimum absolute atomic E-state index is 0.247. The van der Waals surface area contributed by atoms with Crippen LogP contribution in [-0.4, -0.2) is 22.4 Å². The second-order valence-corrected chi connectivity index (χ2v) is 6.78. The molecule has 0 aliphatic carbocycles. The van der Waals surface area contributed by atoms with E-state index >= 15 is 0 Å². The molecule has 0 aliphatic heterocycles. The van der Waals surface area contributed by atoms with Crippen molar-refractivity contribution in [2.24, 2.45) is 5.41 Å². The van der Waals surface area contributed by atoms with Gasteiger partial charge in [-0.1, -0.05) is 39.0 Å². The molecule has 0 saturated carbocycles. The Morgan fingerprint density at radius 2 is 1.95 bits per heavy atom. The second kappa shape index (κ2) is 6.61. The van der Waals surface area contributed by atoms with Crippen molar-refractivity contribution in [1.82, 2.24) is 15.1 Å². The number of hydrogen-bond acceptors (Lipinski definition) is 2. The van der Waals surface area contributed by atoms with Gasteiger partial charge in [-0.25, -0.2) is 0 Å². The van der Waals surface area contributed by atoms with E-state index in [2.05, 4.69) is 68.9 Å². The van der Waals surface area contributed by atoms with Crippen LogP contribution in [0.25, 0.3) is 10.9 Å². The number of fused-ring (bicyclic) bond motifs is 1. The van der Waals surface area contributed by atoms with Crippen molar-refractivity contribution < 1.29 is 0 Å². The van der Waals surface area contributed by atoms with Crippen LogP contribution in [0.5, 0.6) is 0 Å². The van der Waals surface area contributed by atoms with E-state index in [-0.39, 0.29) is 5.41 Å². The van der Waals surface area contributed by atoms with Gasteiger partial charge >= 0.3 is 0 Å². The first-order valence-corrected chi connectivity index (χ1v) is 8.14. The van der Waals surface area contributed by atoms with E-state index in [9.17, 15) is 0 Å². The molecule has 0 saturated heterocycles. The van der Waals surface area contributed by atoms with Crippen molar-refractivity contribution in [1.29, 1.82) is 0 Å². The van der Waals surface area contributed by atoms with Crippen LogP contribution in [-0.2, 0) is 13.0 Å². The maximum absolute atomic E-state index is 4.84. The third-order valence-electron chi connectivity index (χ3n) is 4.09. The molecule has 0 aliphatic rings. The van der Waals surface area contributed by atoms with Crippen molar-refractivity contribution >= 4 is 10.9 Å². The Labute approximate surface area is 128 Å². The lowest BCUT2D eigenvalue weighted by molar-refractivity contribution is 0.286. The summed E-state index contributed by atoms with van der Waals surface area (Å²) in [6, 6.07) is 9.13. The summed E-state index contributed by atoms with van der Waals surface area (Å²) >= 11 is 0. The van der Waals surface area contributed by atoms with Crippen LogP contribution in [0, 0.1) is 5.41 Å². The van der Waals surface area contributed by atoms with Crippen LogP contribution in [0.4, 0.5) is 0 Å². The van der Waals surface area contributed by atoms with Gasteiger partial charge in [0.2, 0.25) is 0 Å².